The van der Waals surface area contributed by atoms with Crippen LogP contribution in [0.15, 0.2) is 0 Å². The topological polar surface area (TPSA) is 38.0 Å². The minimum absolute atomic E-state index is 0.301. The minimum Gasteiger partial charge on any atom is -0.329 e. The van der Waals surface area contributed by atoms with Crippen LogP contribution in [0, 0.1) is 17.8 Å². The van der Waals surface area contributed by atoms with Crippen LogP contribution in [0.5, 0.6) is 0 Å². The Morgan fingerprint density at radius 2 is 1.83 bits per heavy atom. The van der Waals surface area contributed by atoms with E-state index in [2.05, 4.69) is 5.32 Å². The van der Waals surface area contributed by atoms with Crippen LogP contribution < -0.4 is 11.1 Å². The molecule has 104 valence electrons. The first-order valence-corrected chi connectivity index (χ1v) is 8.26. The van der Waals surface area contributed by atoms with Gasteiger partial charge in [0, 0.05) is 12.1 Å². The summed E-state index contributed by atoms with van der Waals surface area (Å²) >= 11 is 0. The van der Waals surface area contributed by atoms with Crippen molar-refractivity contribution in [3.63, 3.8) is 0 Å². The van der Waals surface area contributed by atoms with E-state index in [0.717, 1.165) is 24.3 Å². The molecule has 0 amide bonds. The number of hydrogen-bond acceptors (Lipinski definition) is 2. The second-order valence-corrected chi connectivity index (χ2v) is 7.19. The fraction of sp³-hybridized carbons (Fsp3) is 1.00. The van der Waals surface area contributed by atoms with Gasteiger partial charge in [-0.15, -0.1) is 0 Å². The van der Waals surface area contributed by atoms with Crippen molar-refractivity contribution < 1.29 is 0 Å². The molecule has 3 aliphatic carbocycles. The highest BCUT2D eigenvalue weighted by Gasteiger charge is 2.41. The molecular weight excluding hydrogens is 220 g/mol. The number of rotatable bonds is 6. The molecule has 2 nitrogen and oxygen atoms in total. The van der Waals surface area contributed by atoms with Crippen LogP contribution in [0.1, 0.15) is 64.2 Å². The highest BCUT2D eigenvalue weighted by atomic mass is 15.0. The van der Waals surface area contributed by atoms with Gasteiger partial charge in [-0.05, 0) is 56.4 Å². The van der Waals surface area contributed by atoms with Gasteiger partial charge in [0.25, 0.3) is 0 Å². The van der Waals surface area contributed by atoms with Crippen molar-refractivity contribution in [1.82, 2.24) is 5.32 Å². The normalized spacial score (nSPS) is 37.5. The van der Waals surface area contributed by atoms with Crippen LogP contribution in [-0.2, 0) is 0 Å². The van der Waals surface area contributed by atoms with E-state index >= 15 is 0 Å². The Kier molecular flexibility index (Phi) is 3.95. The van der Waals surface area contributed by atoms with Gasteiger partial charge in [0.1, 0.15) is 0 Å². The van der Waals surface area contributed by atoms with Gasteiger partial charge in [-0.3, -0.25) is 0 Å². The standard InChI is InChI=1S/C16H30N2/c17-12-16(18-10-8-13-3-1-4-13)9-2-5-15(11-16)14-6-7-14/h13-15,18H,1-12,17H2. The van der Waals surface area contributed by atoms with Crippen molar-refractivity contribution in [3.05, 3.63) is 0 Å². The summed E-state index contributed by atoms with van der Waals surface area (Å²) in [5, 5.41) is 3.87. The molecule has 3 rings (SSSR count). The first-order chi connectivity index (χ1) is 8.81. The molecule has 0 aromatic carbocycles. The molecule has 0 aliphatic heterocycles. The van der Waals surface area contributed by atoms with E-state index < -0.39 is 0 Å². The van der Waals surface area contributed by atoms with Crippen molar-refractivity contribution in [2.24, 2.45) is 23.5 Å². The lowest BCUT2D eigenvalue weighted by Crippen LogP contribution is -2.54. The van der Waals surface area contributed by atoms with Gasteiger partial charge in [-0.2, -0.15) is 0 Å². The van der Waals surface area contributed by atoms with Crippen LogP contribution in [-0.4, -0.2) is 18.6 Å². The zero-order valence-corrected chi connectivity index (χ0v) is 11.8. The molecule has 0 aromatic heterocycles. The average Bonchev–Trinajstić information content (AvgIpc) is 3.17. The van der Waals surface area contributed by atoms with Crippen molar-refractivity contribution in [1.29, 1.82) is 0 Å². The van der Waals surface area contributed by atoms with Crippen molar-refractivity contribution in [3.8, 4) is 0 Å². The minimum atomic E-state index is 0.301. The van der Waals surface area contributed by atoms with Crippen LogP contribution in [0.4, 0.5) is 0 Å². The summed E-state index contributed by atoms with van der Waals surface area (Å²) in [6.07, 6.45) is 14.3. The fourth-order valence-electron chi connectivity index (χ4n) is 4.12. The molecule has 0 aromatic rings. The molecule has 3 N–H and O–H groups in total. The third-order valence-corrected chi connectivity index (χ3v) is 5.84. The van der Waals surface area contributed by atoms with E-state index in [-0.39, 0.29) is 0 Å². The van der Waals surface area contributed by atoms with Gasteiger partial charge in [-0.1, -0.05) is 32.1 Å². The maximum Gasteiger partial charge on any atom is 0.0306 e. The lowest BCUT2D eigenvalue weighted by molar-refractivity contribution is 0.163. The number of nitrogens with two attached hydrogens (primary N) is 1. The summed E-state index contributed by atoms with van der Waals surface area (Å²) in [6.45, 7) is 2.06. The van der Waals surface area contributed by atoms with E-state index in [9.17, 15) is 0 Å². The van der Waals surface area contributed by atoms with Gasteiger partial charge >= 0.3 is 0 Å². The van der Waals surface area contributed by atoms with E-state index in [4.69, 9.17) is 5.73 Å². The van der Waals surface area contributed by atoms with Gasteiger partial charge < -0.3 is 11.1 Å². The molecule has 3 saturated carbocycles. The number of nitrogens with one attached hydrogen (secondary N) is 1. The highest BCUT2D eigenvalue weighted by Crippen LogP contribution is 2.46. The predicted octanol–water partition coefficient (Wildman–Crippen LogP) is 3.06. The third-order valence-electron chi connectivity index (χ3n) is 5.84. The van der Waals surface area contributed by atoms with Gasteiger partial charge in [0.05, 0.1) is 0 Å². The summed E-state index contributed by atoms with van der Waals surface area (Å²) in [7, 11) is 0. The second-order valence-electron chi connectivity index (χ2n) is 7.19. The first-order valence-electron chi connectivity index (χ1n) is 8.26. The second kappa shape index (κ2) is 5.50. The summed E-state index contributed by atoms with van der Waals surface area (Å²) in [6, 6.07) is 0. The maximum atomic E-state index is 6.12. The smallest absolute Gasteiger partial charge is 0.0306 e. The average molecular weight is 250 g/mol. The zero-order valence-electron chi connectivity index (χ0n) is 11.8. The Morgan fingerprint density at radius 1 is 1.00 bits per heavy atom. The molecular formula is C16H30N2. The summed E-state index contributed by atoms with van der Waals surface area (Å²) < 4.78 is 0. The van der Waals surface area contributed by atoms with Gasteiger partial charge in [0.15, 0.2) is 0 Å². The van der Waals surface area contributed by atoms with Crippen molar-refractivity contribution in [2.75, 3.05) is 13.1 Å². The third kappa shape index (κ3) is 2.91. The Balaban J connectivity index is 1.47. The predicted molar refractivity (Wildman–Crippen MR) is 76.4 cm³/mol. The largest absolute Gasteiger partial charge is 0.329 e. The molecule has 3 aliphatic rings. The molecule has 0 radical (unpaired) electrons. The summed E-state index contributed by atoms with van der Waals surface area (Å²) in [5.74, 6) is 3.07. The summed E-state index contributed by atoms with van der Waals surface area (Å²) in [4.78, 5) is 0. The van der Waals surface area contributed by atoms with Crippen LogP contribution in [0.2, 0.25) is 0 Å². The quantitative estimate of drug-likeness (QED) is 0.760. The molecule has 0 heterocycles. The Labute approximate surface area is 112 Å². The lowest BCUT2D eigenvalue weighted by Gasteiger charge is -2.42. The molecule has 2 atom stereocenters. The SMILES string of the molecule is NCC1(NCCC2CCC2)CCCC(C2CC2)C1. The Hall–Kier alpha value is -0.0800. The van der Waals surface area contributed by atoms with E-state index in [0.29, 0.717) is 5.54 Å². The van der Waals surface area contributed by atoms with Crippen molar-refractivity contribution in [2.45, 2.75) is 69.7 Å². The highest BCUT2D eigenvalue weighted by molar-refractivity contribution is 4.98. The maximum absolute atomic E-state index is 6.12. The van der Waals surface area contributed by atoms with Crippen LogP contribution in [0.3, 0.4) is 0 Å². The van der Waals surface area contributed by atoms with Gasteiger partial charge in [0.2, 0.25) is 0 Å². The molecule has 0 spiro atoms. The molecule has 0 saturated heterocycles. The number of hydrogen-bond donors (Lipinski definition) is 2. The molecule has 3 fully saturated rings. The first kappa shape index (κ1) is 12.9. The lowest BCUT2D eigenvalue weighted by atomic mass is 9.73. The van der Waals surface area contributed by atoms with Gasteiger partial charge in [-0.25, -0.2) is 0 Å². The molecule has 0 bridgehead atoms. The Morgan fingerprint density at radius 3 is 2.44 bits per heavy atom. The molecule has 2 heteroatoms. The van der Waals surface area contributed by atoms with Crippen LogP contribution >= 0.6 is 0 Å². The summed E-state index contributed by atoms with van der Waals surface area (Å²) in [5.41, 5.74) is 6.42. The van der Waals surface area contributed by atoms with E-state index in [1.54, 1.807) is 0 Å². The van der Waals surface area contributed by atoms with E-state index in [1.165, 1.54) is 70.8 Å². The molecule has 18 heavy (non-hydrogen) atoms. The van der Waals surface area contributed by atoms with E-state index in [1.807, 2.05) is 0 Å². The Bertz CT molecular complexity index is 270. The fourth-order valence-corrected chi connectivity index (χ4v) is 4.12. The monoisotopic (exact) mass is 250 g/mol. The zero-order chi connectivity index (χ0) is 12.4. The van der Waals surface area contributed by atoms with Crippen molar-refractivity contribution >= 4 is 0 Å². The molecule has 2 unspecified atom stereocenters. The van der Waals surface area contributed by atoms with Crippen LogP contribution in [0.25, 0.3) is 0 Å².